The zero-order valence-electron chi connectivity index (χ0n) is 13.6. The Morgan fingerprint density at radius 1 is 1.17 bits per heavy atom. The molecule has 0 radical (unpaired) electrons. The molecule has 0 unspecified atom stereocenters. The van der Waals surface area contributed by atoms with E-state index in [2.05, 4.69) is 33.6 Å². The molecule has 3 aromatic rings. The fraction of sp³-hybridized carbons (Fsp3) is 0.353. The van der Waals surface area contributed by atoms with Crippen molar-refractivity contribution in [2.75, 3.05) is 5.32 Å². The molecule has 1 aliphatic rings. The molecular formula is C17H19N5O. The molecule has 2 heterocycles. The lowest BCUT2D eigenvalue weighted by atomic mass is 10.1. The van der Waals surface area contributed by atoms with Gasteiger partial charge in [0, 0.05) is 19.8 Å². The van der Waals surface area contributed by atoms with Crippen molar-refractivity contribution < 1.29 is 0 Å². The maximum atomic E-state index is 12.6. The van der Waals surface area contributed by atoms with Gasteiger partial charge in [-0.1, -0.05) is 6.07 Å². The Bertz CT molecular complexity index is 983. The van der Waals surface area contributed by atoms with Gasteiger partial charge in [0.25, 0.3) is 5.56 Å². The van der Waals surface area contributed by atoms with Crippen LogP contribution in [0.25, 0.3) is 11.0 Å². The molecule has 0 spiro atoms. The van der Waals surface area contributed by atoms with Crippen molar-refractivity contribution in [2.45, 2.75) is 26.2 Å². The highest BCUT2D eigenvalue weighted by atomic mass is 16.1. The number of benzene rings is 1. The highest BCUT2D eigenvalue weighted by molar-refractivity contribution is 5.78. The molecule has 6 nitrogen and oxygen atoms in total. The van der Waals surface area contributed by atoms with Crippen LogP contribution in [0.15, 0.2) is 23.0 Å². The zero-order valence-corrected chi connectivity index (χ0v) is 13.6. The van der Waals surface area contributed by atoms with E-state index in [1.54, 1.807) is 18.8 Å². The molecule has 0 atom stereocenters. The predicted molar refractivity (Wildman–Crippen MR) is 90.2 cm³/mol. The van der Waals surface area contributed by atoms with Crippen molar-refractivity contribution in [2.24, 2.45) is 14.1 Å². The van der Waals surface area contributed by atoms with Gasteiger partial charge >= 0.3 is 0 Å². The molecule has 1 aliphatic carbocycles. The SMILES string of the molecule is Cc1nn(C)c2c(=O)n(C)c(Nc3ccc4c(c3)CCC4)nc12. The number of fused-ring (bicyclic) bond motifs is 2. The van der Waals surface area contributed by atoms with Gasteiger partial charge in [0.05, 0.1) is 5.69 Å². The van der Waals surface area contributed by atoms with E-state index in [1.165, 1.54) is 22.1 Å². The number of nitrogens with one attached hydrogen (secondary N) is 1. The first kappa shape index (κ1) is 14.0. The third-order valence-electron chi connectivity index (χ3n) is 4.59. The first-order valence-corrected chi connectivity index (χ1v) is 7.84. The Hall–Kier alpha value is -2.63. The second-order valence-corrected chi connectivity index (χ2v) is 6.17. The van der Waals surface area contributed by atoms with Gasteiger partial charge in [0.2, 0.25) is 5.95 Å². The molecular weight excluding hydrogens is 290 g/mol. The zero-order chi connectivity index (χ0) is 16.1. The van der Waals surface area contributed by atoms with Gasteiger partial charge in [-0.25, -0.2) is 4.98 Å². The summed E-state index contributed by atoms with van der Waals surface area (Å²) >= 11 is 0. The maximum Gasteiger partial charge on any atom is 0.280 e. The summed E-state index contributed by atoms with van der Waals surface area (Å²) in [4.78, 5) is 17.2. The largest absolute Gasteiger partial charge is 0.326 e. The molecule has 2 aromatic heterocycles. The number of rotatable bonds is 2. The molecule has 0 amide bonds. The molecule has 0 aliphatic heterocycles. The van der Waals surface area contributed by atoms with Crippen molar-refractivity contribution in [3.63, 3.8) is 0 Å². The molecule has 0 saturated heterocycles. The van der Waals surface area contributed by atoms with Crippen molar-refractivity contribution in [3.8, 4) is 0 Å². The summed E-state index contributed by atoms with van der Waals surface area (Å²) < 4.78 is 3.13. The number of nitrogens with zero attached hydrogens (tertiary/aromatic N) is 4. The summed E-state index contributed by atoms with van der Waals surface area (Å²) in [5.41, 5.74) is 5.63. The fourth-order valence-corrected chi connectivity index (χ4v) is 3.35. The summed E-state index contributed by atoms with van der Waals surface area (Å²) in [7, 11) is 3.50. The summed E-state index contributed by atoms with van der Waals surface area (Å²) in [6.45, 7) is 1.87. The number of aromatic nitrogens is 4. The Labute approximate surface area is 133 Å². The van der Waals surface area contributed by atoms with Crippen LogP contribution in [0.2, 0.25) is 0 Å². The van der Waals surface area contributed by atoms with Crippen LogP contribution in [0, 0.1) is 6.92 Å². The van der Waals surface area contributed by atoms with Crippen LogP contribution in [0.4, 0.5) is 11.6 Å². The lowest BCUT2D eigenvalue weighted by molar-refractivity contribution is 0.767. The van der Waals surface area contributed by atoms with E-state index in [0.717, 1.165) is 24.2 Å². The van der Waals surface area contributed by atoms with Crippen LogP contribution in [0.1, 0.15) is 23.2 Å². The smallest absolute Gasteiger partial charge is 0.280 e. The normalized spacial score (nSPS) is 13.5. The van der Waals surface area contributed by atoms with E-state index in [0.29, 0.717) is 17.0 Å². The summed E-state index contributed by atoms with van der Waals surface area (Å²) in [5.74, 6) is 0.538. The second-order valence-electron chi connectivity index (χ2n) is 6.17. The summed E-state index contributed by atoms with van der Waals surface area (Å²) in [6, 6.07) is 6.38. The van der Waals surface area contributed by atoms with Crippen molar-refractivity contribution >= 4 is 22.7 Å². The standard InChI is InChI=1S/C17H19N5O/c1-10-14-15(22(3)20-10)16(23)21(2)17(19-14)18-13-8-7-11-5-4-6-12(11)9-13/h7-9H,4-6H2,1-3H3,(H,18,19). The van der Waals surface area contributed by atoms with E-state index < -0.39 is 0 Å². The lowest BCUT2D eigenvalue weighted by Crippen LogP contribution is -2.22. The topological polar surface area (TPSA) is 64.7 Å². The van der Waals surface area contributed by atoms with E-state index in [4.69, 9.17) is 0 Å². The van der Waals surface area contributed by atoms with Crippen LogP contribution in [0.5, 0.6) is 0 Å². The van der Waals surface area contributed by atoms with Crippen molar-refractivity contribution in [1.82, 2.24) is 19.3 Å². The van der Waals surface area contributed by atoms with Crippen LogP contribution in [0.3, 0.4) is 0 Å². The second kappa shape index (κ2) is 4.94. The molecule has 1 aromatic carbocycles. The third kappa shape index (κ3) is 2.13. The summed E-state index contributed by atoms with van der Waals surface area (Å²) in [5, 5.41) is 7.59. The minimum Gasteiger partial charge on any atom is -0.326 e. The molecule has 0 saturated carbocycles. The average molecular weight is 309 g/mol. The van der Waals surface area contributed by atoms with Crippen LogP contribution in [-0.4, -0.2) is 19.3 Å². The molecule has 118 valence electrons. The van der Waals surface area contributed by atoms with Crippen molar-refractivity contribution in [1.29, 1.82) is 0 Å². The third-order valence-corrected chi connectivity index (χ3v) is 4.59. The van der Waals surface area contributed by atoms with E-state index in [1.807, 2.05) is 6.92 Å². The van der Waals surface area contributed by atoms with E-state index in [9.17, 15) is 4.79 Å². The Kier molecular flexibility index (Phi) is 3.01. The predicted octanol–water partition coefficient (Wildman–Crippen LogP) is 2.21. The Morgan fingerprint density at radius 3 is 2.78 bits per heavy atom. The minimum atomic E-state index is -0.0956. The maximum absolute atomic E-state index is 12.6. The number of hydrogen-bond donors (Lipinski definition) is 1. The van der Waals surface area contributed by atoms with Gasteiger partial charge in [0.15, 0.2) is 5.52 Å². The highest BCUT2D eigenvalue weighted by Crippen LogP contribution is 2.26. The summed E-state index contributed by atoms with van der Waals surface area (Å²) in [6.07, 6.45) is 3.50. The van der Waals surface area contributed by atoms with Gasteiger partial charge in [-0.2, -0.15) is 5.10 Å². The Balaban J connectivity index is 1.81. The van der Waals surface area contributed by atoms with Gasteiger partial charge < -0.3 is 5.32 Å². The quantitative estimate of drug-likeness (QED) is 0.788. The van der Waals surface area contributed by atoms with Crippen LogP contribution < -0.4 is 10.9 Å². The molecule has 23 heavy (non-hydrogen) atoms. The van der Waals surface area contributed by atoms with Gasteiger partial charge in [-0.15, -0.1) is 0 Å². The molecule has 6 heteroatoms. The van der Waals surface area contributed by atoms with E-state index >= 15 is 0 Å². The van der Waals surface area contributed by atoms with Gasteiger partial charge in [-0.05, 0) is 49.4 Å². The highest BCUT2D eigenvalue weighted by Gasteiger charge is 2.16. The first-order chi connectivity index (χ1) is 11.0. The van der Waals surface area contributed by atoms with Crippen LogP contribution >= 0.6 is 0 Å². The van der Waals surface area contributed by atoms with Crippen molar-refractivity contribution in [3.05, 3.63) is 45.4 Å². The van der Waals surface area contributed by atoms with Crippen LogP contribution in [-0.2, 0) is 26.9 Å². The molecule has 0 fully saturated rings. The number of anilines is 2. The first-order valence-electron chi connectivity index (χ1n) is 7.84. The molecule has 1 N–H and O–H groups in total. The number of hydrogen-bond acceptors (Lipinski definition) is 4. The molecule has 4 rings (SSSR count). The minimum absolute atomic E-state index is 0.0956. The molecule has 0 bridgehead atoms. The number of aryl methyl sites for hydroxylation is 4. The lowest BCUT2D eigenvalue weighted by Gasteiger charge is -2.11. The Morgan fingerprint density at radius 2 is 1.96 bits per heavy atom. The monoisotopic (exact) mass is 309 g/mol. The fourth-order valence-electron chi connectivity index (χ4n) is 3.35. The average Bonchev–Trinajstić information content (AvgIpc) is 3.09. The van der Waals surface area contributed by atoms with Gasteiger partial charge in [0.1, 0.15) is 5.52 Å². The van der Waals surface area contributed by atoms with E-state index in [-0.39, 0.29) is 5.56 Å². The van der Waals surface area contributed by atoms with Gasteiger partial charge in [-0.3, -0.25) is 14.0 Å².